The molecule has 68 valence electrons. The molecule has 0 aliphatic carbocycles. The van der Waals surface area contributed by atoms with E-state index in [1.165, 1.54) is 0 Å². The second kappa shape index (κ2) is 4.01. The highest BCUT2D eigenvalue weighted by molar-refractivity contribution is 7.11. The van der Waals surface area contributed by atoms with Crippen molar-refractivity contribution in [2.24, 2.45) is 5.92 Å². The summed E-state index contributed by atoms with van der Waals surface area (Å²) in [7, 11) is 0. The lowest BCUT2D eigenvalue weighted by Crippen LogP contribution is -1.97. The van der Waals surface area contributed by atoms with Crippen LogP contribution < -0.4 is 0 Å². The van der Waals surface area contributed by atoms with E-state index in [-0.39, 0.29) is 6.61 Å². The van der Waals surface area contributed by atoms with Gasteiger partial charge in [-0.25, -0.2) is 4.98 Å². The lowest BCUT2D eigenvalue weighted by molar-refractivity contribution is 0.283. The van der Waals surface area contributed by atoms with Gasteiger partial charge in [-0.05, 0) is 19.3 Å². The van der Waals surface area contributed by atoms with Crippen LogP contribution in [0, 0.1) is 12.8 Å². The molecule has 0 saturated heterocycles. The van der Waals surface area contributed by atoms with Gasteiger partial charge in [0.15, 0.2) is 0 Å². The molecule has 0 aliphatic heterocycles. The normalized spacial score (nSPS) is 11.1. The second-order valence-electron chi connectivity index (χ2n) is 3.36. The Labute approximate surface area is 77.3 Å². The SMILES string of the molecule is Cc1nc(CC(C)C)c(CO)s1. The third kappa shape index (κ3) is 2.29. The van der Waals surface area contributed by atoms with Crippen molar-refractivity contribution >= 4 is 11.3 Å². The molecule has 1 aromatic heterocycles. The highest BCUT2D eigenvalue weighted by Crippen LogP contribution is 2.20. The molecule has 1 aromatic rings. The molecular formula is C9H15NOS. The standard InChI is InChI=1S/C9H15NOS/c1-6(2)4-8-9(5-11)12-7(3)10-8/h6,11H,4-5H2,1-3H3. The molecule has 0 aromatic carbocycles. The van der Waals surface area contributed by atoms with Crippen LogP contribution in [0.2, 0.25) is 0 Å². The third-order valence-electron chi connectivity index (χ3n) is 1.63. The summed E-state index contributed by atoms with van der Waals surface area (Å²) >= 11 is 1.60. The number of aryl methyl sites for hydroxylation is 1. The molecule has 0 bridgehead atoms. The fraction of sp³-hybridized carbons (Fsp3) is 0.667. The summed E-state index contributed by atoms with van der Waals surface area (Å²) in [4.78, 5) is 5.41. The molecule has 0 aliphatic rings. The van der Waals surface area contributed by atoms with Crippen molar-refractivity contribution in [3.8, 4) is 0 Å². The molecular weight excluding hydrogens is 170 g/mol. The zero-order valence-corrected chi connectivity index (χ0v) is 8.61. The molecule has 0 saturated carbocycles. The number of nitrogens with zero attached hydrogens (tertiary/aromatic N) is 1. The van der Waals surface area contributed by atoms with E-state index in [1.807, 2.05) is 6.92 Å². The molecule has 3 heteroatoms. The van der Waals surface area contributed by atoms with Crippen molar-refractivity contribution in [2.45, 2.75) is 33.8 Å². The number of aromatic nitrogens is 1. The van der Waals surface area contributed by atoms with Gasteiger partial charge in [0.2, 0.25) is 0 Å². The Bertz CT molecular complexity index is 255. The quantitative estimate of drug-likeness (QED) is 0.782. The predicted molar refractivity (Wildman–Crippen MR) is 51.3 cm³/mol. The molecule has 1 N–H and O–H groups in total. The van der Waals surface area contributed by atoms with Crippen LogP contribution in [0.15, 0.2) is 0 Å². The van der Waals surface area contributed by atoms with Gasteiger partial charge in [0, 0.05) is 0 Å². The minimum Gasteiger partial charge on any atom is -0.391 e. The molecule has 0 amide bonds. The second-order valence-corrected chi connectivity index (χ2v) is 4.65. The summed E-state index contributed by atoms with van der Waals surface area (Å²) in [6.07, 6.45) is 0.972. The highest BCUT2D eigenvalue weighted by atomic mass is 32.1. The summed E-state index contributed by atoms with van der Waals surface area (Å²) in [6.45, 7) is 6.44. The van der Waals surface area contributed by atoms with Gasteiger partial charge in [0.25, 0.3) is 0 Å². The van der Waals surface area contributed by atoms with Crippen LogP contribution in [-0.4, -0.2) is 10.1 Å². The van der Waals surface area contributed by atoms with Crippen LogP contribution in [0.1, 0.15) is 29.4 Å². The van der Waals surface area contributed by atoms with Gasteiger partial charge in [-0.2, -0.15) is 0 Å². The lowest BCUT2D eigenvalue weighted by Gasteiger charge is -2.02. The first kappa shape index (κ1) is 9.68. The third-order valence-corrected chi connectivity index (χ3v) is 2.63. The maximum atomic E-state index is 9.02. The maximum absolute atomic E-state index is 9.02. The molecule has 0 fully saturated rings. The van der Waals surface area contributed by atoms with Gasteiger partial charge in [-0.3, -0.25) is 0 Å². The zero-order valence-electron chi connectivity index (χ0n) is 7.79. The Morgan fingerprint density at radius 3 is 2.67 bits per heavy atom. The van der Waals surface area contributed by atoms with Crippen molar-refractivity contribution in [2.75, 3.05) is 0 Å². The van der Waals surface area contributed by atoms with Crippen LogP contribution in [0.4, 0.5) is 0 Å². The highest BCUT2D eigenvalue weighted by Gasteiger charge is 2.08. The minimum absolute atomic E-state index is 0.133. The number of hydrogen-bond donors (Lipinski definition) is 1. The molecule has 0 unspecified atom stereocenters. The number of rotatable bonds is 3. The van der Waals surface area contributed by atoms with Gasteiger partial charge in [-0.1, -0.05) is 13.8 Å². The summed E-state index contributed by atoms with van der Waals surface area (Å²) in [6, 6.07) is 0. The van der Waals surface area contributed by atoms with E-state index in [0.29, 0.717) is 5.92 Å². The van der Waals surface area contributed by atoms with Gasteiger partial charge < -0.3 is 5.11 Å². The Balaban J connectivity index is 2.81. The average molecular weight is 185 g/mol. The Morgan fingerprint density at radius 2 is 2.17 bits per heavy atom. The van der Waals surface area contributed by atoms with Crippen LogP contribution in [0.3, 0.4) is 0 Å². The van der Waals surface area contributed by atoms with E-state index in [9.17, 15) is 0 Å². The number of hydrogen-bond acceptors (Lipinski definition) is 3. The molecule has 0 radical (unpaired) electrons. The molecule has 1 rings (SSSR count). The number of thiazole rings is 1. The minimum atomic E-state index is 0.133. The van der Waals surface area contributed by atoms with Crippen molar-refractivity contribution in [1.29, 1.82) is 0 Å². The molecule has 2 nitrogen and oxygen atoms in total. The summed E-state index contributed by atoms with van der Waals surface area (Å²) in [5, 5.41) is 10.1. The van der Waals surface area contributed by atoms with Crippen molar-refractivity contribution in [3.05, 3.63) is 15.6 Å². The van der Waals surface area contributed by atoms with Crippen LogP contribution >= 0.6 is 11.3 Å². The maximum Gasteiger partial charge on any atom is 0.0901 e. The smallest absolute Gasteiger partial charge is 0.0901 e. The Kier molecular flexibility index (Phi) is 3.23. The van der Waals surface area contributed by atoms with E-state index >= 15 is 0 Å². The summed E-state index contributed by atoms with van der Waals surface area (Å²) < 4.78 is 0. The first-order valence-electron chi connectivity index (χ1n) is 4.19. The van der Waals surface area contributed by atoms with E-state index in [2.05, 4.69) is 18.8 Å². The molecule has 0 spiro atoms. The van der Waals surface area contributed by atoms with Crippen molar-refractivity contribution in [1.82, 2.24) is 4.98 Å². The van der Waals surface area contributed by atoms with Crippen LogP contribution in [0.5, 0.6) is 0 Å². The molecule has 1 heterocycles. The number of aliphatic hydroxyl groups excluding tert-OH is 1. The largest absolute Gasteiger partial charge is 0.391 e. The van der Waals surface area contributed by atoms with Gasteiger partial charge >= 0.3 is 0 Å². The van der Waals surface area contributed by atoms with E-state index in [4.69, 9.17) is 5.11 Å². The summed E-state index contributed by atoms with van der Waals surface area (Å²) in [5.74, 6) is 0.608. The monoisotopic (exact) mass is 185 g/mol. The molecule has 0 atom stereocenters. The predicted octanol–water partition coefficient (Wildman–Crippen LogP) is 2.14. The van der Waals surface area contributed by atoms with Crippen molar-refractivity contribution < 1.29 is 5.11 Å². The van der Waals surface area contributed by atoms with Crippen molar-refractivity contribution in [3.63, 3.8) is 0 Å². The van der Waals surface area contributed by atoms with E-state index < -0.39 is 0 Å². The first-order chi connectivity index (χ1) is 5.63. The van der Waals surface area contributed by atoms with Crippen LogP contribution in [-0.2, 0) is 13.0 Å². The Morgan fingerprint density at radius 1 is 1.50 bits per heavy atom. The van der Waals surface area contributed by atoms with E-state index in [1.54, 1.807) is 11.3 Å². The fourth-order valence-electron chi connectivity index (χ4n) is 1.18. The van der Waals surface area contributed by atoms with Gasteiger partial charge in [0.1, 0.15) is 0 Å². The van der Waals surface area contributed by atoms with Crippen LogP contribution in [0.25, 0.3) is 0 Å². The fourth-order valence-corrected chi connectivity index (χ4v) is 2.01. The topological polar surface area (TPSA) is 33.1 Å². The molecule has 12 heavy (non-hydrogen) atoms. The first-order valence-corrected chi connectivity index (χ1v) is 5.01. The Hall–Kier alpha value is -0.410. The lowest BCUT2D eigenvalue weighted by atomic mass is 10.1. The van der Waals surface area contributed by atoms with E-state index in [0.717, 1.165) is 22.0 Å². The summed E-state index contributed by atoms with van der Waals surface area (Å²) in [5.41, 5.74) is 1.08. The average Bonchev–Trinajstić information content (AvgIpc) is 2.29. The number of aliphatic hydroxyl groups is 1. The van der Waals surface area contributed by atoms with Gasteiger partial charge in [-0.15, -0.1) is 11.3 Å². The van der Waals surface area contributed by atoms with Gasteiger partial charge in [0.05, 0.1) is 22.2 Å². The zero-order chi connectivity index (χ0) is 9.14.